The molecule has 12 heavy (non-hydrogen) atoms. The Morgan fingerprint density at radius 2 is 2.08 bits per heavy atom. The average molecular weight is 166 g/mol. The maximum absolute atomic E-state index is 9.76. The van der Waals surface area contributed by atoms with E-state index in [1.807, 2.05) is 0 Å². The van der Waals surface area contributed by atoms with Gasteiger partial charge in [0, 0.05) is 0 Å². The molecular weight excluding hydrogens is 147 g/mol. The first-order valence-electron chi connectivity index (χ1n) is 5.26. The third-order valence-corrected chi connectivity index (χ3v) is 3.91. The lowest BCUT2D eigenvalue weighted by atomic mass is 9.57. The number of hydrogen-bond acceptors (Lipinski definition) is 1. The van der Waals surface area contributed by atoms with E-state index < -0.39 is 0 Å². The zero-order chi connectivity index (χ0) is 8.77. The maximum atomic E-state index is 9.76. The summed E-state index contributed by atoms with van der Waals surface area (Å²) in [6, 6.07) is 0. The summed E-state index contributed by atoms with van der Waals surface area (Å²) in [5.41, 5.74) is 0. The highest BCUT2D eigenvalue weighted by molar-refractivity contribution is 6.14. The van der Waals surface area contributed by atoms with Crippen molar-refractivity contribution in [1.29, 1.82) is 0 Å². The molecule has 68 valence electrons. The van der Waals surface area contributed by atoms with Crippen LogP contribution in [0.15, 0.2) is 0 Å². The van der Waals surface area contributed by atoms with Gasteiger partial charge in [0.2, 0.25) is 0 Å². The smallest absolute Gasteiger partial charge is 0.109 e. The van der Waals surface area contributed by atoms with Gasteiger partial charge in [-0.05, 0) is 31.1 Å². The number of fused-ring (bicyclic) bond motifs is 1. The molecule has 2 aliphatic carbocycles. The van der Waals surface area contributed by atoms with E-state index >= 15 is 0 Å². The summed E-state index contributed by atoms with van der Waals surface area (Å²) in [5.74, 6) is 1.49. The average Bonchev–Trinajstić information content (AvgIpc) is 2.31. The van der Waals surface area contributed by atoms with Gasteiger partial charge in [-0.2, -0.15) is 0 Å². The molecule has 0 spiro atoms. The molecule has 2 saturated carbocycles. The van der Waals surface area contributed by atoms with Gasteiger partial charge in [0.15, 0.2) is 0 Å². The Kier molecular flexibility index (Phi) is 1.98. The minimum atomic E-state index is 0.0228. The molecule has 2 fully saturated rings. The molecule has 2 aliphatic rings. The molecule has 0 radical (unpaired) electrons. The van der Waals surface area contributed by atoms with Crippen LogP contribution in [0.4, 0.5) is 0 Å². The Bertz CT molecular complexity index is 179. The minimum absolute atomic E-state index is 0.0228. The Balaban J connectivity index is 2.07. The third kappa shape index (κ3) is 1.41. The SMILES string of the molecule is B[C@@]1(C)CCC2CC[C@@H](O)C2C1. The summed E-state index contributed by atoms with van der Waals surface area (Å²) in [4.78, 5) is 0. The van der Waals surface area contributed by atoms with Crippen molar-refractivity contribution in [3.05, 3.63) is 0 Å². The van der Waals surface area contributed by atoms with Crippen LogP contribution in [-0.4, -0.2) is 19.1 Å². The van der Waals surface area contributed by atoms with Crippen molar-refractivity contribution in [2.75, 3.05) is 0 Å². The van der Waals surface area contributed by atoms with Gasteiger partial charge in [-0.25, -0.2) is 0 Å². The second kappa shape index (κ2) is 2.76. The normalized spacial score (nSPS) is 53.7. The van der Waals surface area contributed by atoms with E-state index in [4.69, 9.17) is 0 Å². The molecule has 2 rings (SSSR count). The topological polar surface area (TPSA) is 20.2 Å². The molecule has 0 heterocycles. The van der Waals surface area contributed by atoms with Crippen LogP contribution in [0.25, 0.3) is 0 Å². The van der Waals surface area contributed by atoms with Gasteiger partial charge in [-0.1, -0.05) is 25.1 Å². The molecule has 0 bridgehead atoms. The van der Waals surface area contributed by atoms with Gasteiger partial charge in [0.05, 0.1) is 6.10 Å². The third-order valence-electron chi connectivity index (χ3n) is 3.91. The van der Waals surface area contributed by atoms with Crippen molar-refractivity contribution >= 4 is 7.85 Å². The fourth-order valence-corrected chi connectivity index (χ4v) is 3.10. The van der Waals surface area contributed by atoms with Crippen LogP contribution >= 0.6 is 0 Å². The zero-order valence-corrected chi connectivity index (χ0v) is 8.21. The lowest BCUT2D eigenvalue weighted by Crippen LogP contribution is -2.29. The first-order chi connectivity index (χ1) is 5.58. The second-order valence-corrected chi connectivity index (χ2v) is 5.48. The molecular formula is C10H19BO. The molecule has 1 N–H and O–H groups in total. The zero-order valence-electron chi connectivity index (χ0n) is 8.21. The number of hydrogen-bond donors (Lipinski definition) is 1. The molecule has 0 aromatic rings. The van der Waals surface area contributed by atoms with E-state index in [2.05, 4.69) is 14.8 Å². The van der Waals surface area contributed by atoms with Crippen LogP contribution in [0.2, 0.25) is 5.31 Å². The second-order valence-electron chi connectivity index (χ2n) is 5.48. The number of aliphatic hydroxyl groups excluding tert-OH is 1. The van der Waals surface area contributed by atoms with E-state index in [0.717, 1.165) is 12.3 Å². The van der Waals surface area contributed by atoms with Crippen molar-refractivity contribution in [1.82, 2.24) is 0 Å². The van der Waals surface area contributed by atoms with Gasteiger partial charge < -0.3 is 5.11 Å². The summed E-state index contributed by atoms with van der Waals surface area (Å²) >= 11 is 0. The Hall–Kier alpha value is 0.0249. The predicted octanol–water partition coefficient (Wildman–Crippen LogP) is 1.37. The molecule has 2 unspecified atom stereocenters. The molecule has 0 saturated heterocycles. The lowest BCUT2D eigenvalue weighted by Gasteiger charge is -2.38. The molecule has 1 nitrogen and oxygen atoms in total. The number of rotatable bonds is 0. The highest BCUT2D eigenvalue weighted by atomic mass is 16.3. The van der Waals surface area contributed by atoms with Gasteiger partial charge >= 0.3 is 0 Å². The van der Waals surface area contributed by atoms with Crippen LogP contribution in [0.5, 0.6) is 0 Å². The fourth-order valence-electron chi connectivity index (χ4n) is 3.10. The van der Waals surface area contributed by atoms with Crippen molar-refractivity contribution < 1.29 is 5.11 Å². The Labute approximate surface area is 76.0 Å². The summed E-state index contributed by atoms with van der Waals surface area (Å²) in [6.45, 7) is 2.34. The highest BCUT2D eigenvalue weighted by Crippen LogP contribution is 2.51. The molecule has 0 amide bonds. The van der Waals surface area contributed by atoms with Crippen LogP contribution < -0.4 is 0 Å². The Morgan fingerprint density at radius 1 is 1.33 bits per heavy atom. The monoisotopic (exact) mass is 166 g/mol. The van der Waals surface area contributed by atoms with Crippen molar-refractivity contribution in [2.45, 2.75) is 50.4 Å². The van der Waals surface area contributed by atoms with Gasteiger partial charge in [-0.15, -0.1) is 0 Å². The quantitative estimate of drug-likeness (QED) is 0.539. The molecule has 4 atom stereocenters. The van der Waals surface area contributed by atoms with E-state index in [9.17, 15) is 5.11 Å². The van der Waals surface area contributed by atoms with Gasteiger partial charge in [0.25, 0.3) is 0 Å². The minimum Gasteiger partial charge on any atom is -0.393 e. The summed E-state index contributed by atoms with van der Waals surface area (Å²) in [6.07, 6.45) is 6.33. The standard InChI is InChI=1S/C10H19BO/c1-10(11)5-4-7-2-3-9(12)8(7)6-10/h7-9,12H,2-6,11H2,1H3/t7?,8?,9-,10+/m1/s1. The predicted molar refractivity (Wildman–Crippen MR) is 53.0 cm³/mol. The largest absolute Gasteiger partial charge is 0.393 e. The van der Waals surface area contributed by atoms with Gasteiger partial charge in [-0.3, -0.25) is 0 Å². The maximum Gasteiger partial charge on any atom is 0.109 e. The fraction of sp³-hybridized carbons (Fsp3) is 1.00. The summed E-state index contributed by atoms with van der Waals surface area (Å²) in [7, 11) is 2.34. The van der Waals surface area contributed by atoms with Crippen LogP contribution in [0.3, 0.4) is 0 Å². The highest BCUT2D eigenvalue weighted by Gasteiger charge is 2.41. The molecule has 0 aliphatic heterocycles. The molecule has 0 aromatic heterocycles. The Morgan fingerprint density at radius 3 is 2.83 bits per heavy atom. The summed E-state index contributed by atoms with van der Waals surface area (Å²) < 4.78 is 0. The van der Waals surface area contributed by atoms with Crippen LogP contribution in [-0.2, 0) is 0 Å². The van der Waals surface area contributed by atoms with E-state index in [1.165, 1.54) is 25.7 Å². The van der Waals surface area contributed by atoms with Crippen LogP contribution in [0.1, 0.15) is 39.0 Å². The van der Waals surface area contributed by atoms with E-state index in [-0.39, 0.29) is 6.10 Å². The van der Waals surface area contributed by atoms with Crippen molar-refractivity contribution in [3.8, 4) is 0 Å². The van der Waals surface area contributed by atoms with Gasteiger partial charge in [0.1, 0.15) is 7.85 Å². The van der Waals surface area contributed by atoms with Crippen LogP contribution in [0, 0.1) is 11.8 Å². The lowest BCUT2D eigenvalue weighted by molar-refractivity contribution is 0.0841. The summed E-state index contributed by atoms with van der Waals surface area (Å²) in [5, 5.41) is 10.2. The van der Waals surface area contributed by atoms with E-state index in [1.54, 1.807) is 0 Å². The number of aliphatic hydroxyl groups is 1. The molecule has 2 heteroatoms. The molecule has 0 aromatic carbocycles. The van der Waals surface area contributed by atoms with Crippen molar-refractivity contribution in [3.63, 3.8) is 0 Å². The van der Waals surface area contributed by atoms with Crippen molar-refractivity contribution in [2.24, 2.45) is 11.8 Å². The first-order valence-corrected chi connectivity index (χ1v) is 5.26. The first kappa shape index (κ1) is 8.62. The van der Waals surface area contributed by atoms with E-state index in [0.29, 0.717) is 11.2 Å².